The van der Waals surface area contributed by atoms with Gasteiger partial charge >= 0.3 is 5.97 Å². The SMILES string of the molecule is CCCC1(C(=O)NCc2cc(C(=O)NCc3ccc(C(=O)O)cc3)ccc2F)CC[C@]2(C)C(CCC3C4(C)CCC(O)C(C)(C)C4CCC32C)C1C. The first-order chi connectivity index (χ1) is 24.4. The van der Waals surface area contributed by atoms with E-state index in [4.69, 9.17) is 5.11 Å². The second-order valence-electron chi connectivity index (χ2n) is 18.4. The summed E-state index contributed by atoms with van der Waals surface area (Å²) >= 11 is 0. The van der Waals surface area contributed by atoms with Gasteiger partial charge in [-0.25, -0.2) is 9.18 Å². The first-order valence-corrected chi connectivity index (χ1v) is 19.8. The predicted molar refractivity (Wildman–Crippen MR) is 201 cm³/mol. The molecule has 4 aliphatic carbocycles. The van der Waals surface area contributed by atoms with Crippen LogP contribution in [0.3, 0.4) is 0 Å². The van der Waals surface area contributed by atoms with E-state index in [1.54, 1.807) is 12.1 Å². The minimum Gasteiger partial charge on any atom is -0.478 e. The lowest BCUT2D eigenvalue weighted by Crippen LogP contribution is -2.67. The average molecular weight is 717 g/mol. The largest absolute Gasteiger partial charge is 0.478 e. The molecule has 2 amide bonds. The molecular weight excluding hydrogens is 655 g/mol. The Labute approximate surface area is 309 Å². The van der Waals surface area contributed by atoms with Gasteiger partial charge in [-0.1, -0.05) is 67.0 Å². The molecule has 2 aromatic carbocycles. The van der Waals surface area contributed by atoms with E-state index in [-0.39, 0.29) is 69.7 Å². The molecule has 0 saturated heterocycles. The van der Waals surface area contributed by atoms with Crippen LogP contribution in [0.1, 0.15) is 145 Å². The number of carboxylic acids is 1. The van der Waals surface area contributed by atoms with Gasteiger partial charge in [-0.3, -0.25) is 9.59 Å². The van der Waals surface area contributed by atoms with Crippen LogP contribution in [0.2, 0.25) is 0 Å². The molecule has 6 rings (SSSR count). The topological polar surface area (TPSA) is 116 Å². The summed E-state index contributed by atoms with van der Waals surface area (Å²) in [6.07, 6.45) is 9.80. The van der Waals surface area contributed by atoms with Gasteiger partial charge in [-0.2, -0.15) is 0 Å². The van der Waals surface area contributed by atoms with Crippen molar-refractivity contribution in [2.75, 3.05) is 0 Å². The Morgan fingerprint density at radius 1 is 0.808 bits per heavy atom. The summed E-state index contributed by atoms with van der Waals surface area (Å²) in [5.74, 6) is -0.183. The maximum atomic E-state index is 15.1. The molecule has 4 aliphatic rings. The van der Waals surface area contributed by atoms with Gasteiger partial charge in [-0.05, 0) is 139 Å². The van der Waals surface area contributed by atoms with Crippen molar-refractivity contribution in [3.8, 4) is 0 Å². The quantitative estimate of drug-likeness (QED) is 0.207. The molecule has 0 heterocycles. The Bertz CT molecular complexity index is 1690. The van der Waals surface area contributed by atoms with E-state index < -0.39 is 17.2 Å². The lowest BCUT2D eigenvalue weighted by molar-refractivity contribution is -0.246. The summed E-state index contributed by atoms with van der Waals surface area (Å²) < 4.78 is 15.1. The standard InChI is InChI=1S/C44H61FN2O5/c1-8-19-44(39(52)47-26-31-24-30(13-15-33(31)45)37(49)46-25-28-9-11-29(12-10-28)38(50)51)23-22-42(6)32(27(44)2)14-16-35-41(5)20-18-36(48)40(3,4)34(41)17-21-43(35,42)7/h9-13,15,24,27,32,34-36,48H,8,14,16-23,25-26H2,1-7H3,(H,46,49)(H,47,52)(H,50,51)/t27?,32?,34?,35?,36?,41?,42-,43?,44?/m1/s1. The van der Waals surface area contributed by atoms with Crippen LogP contribution in [0.15, 0.2) is 42.5 Å². The number of benzene rings is 2. The van der Waals surface area contributed by atoms with Crippen LogP contribution in [0.25, 0.3) is 0 Å². The molecule has 9 atom stereocenters. The third kappa shape index (κ3) is 6.09. The van der Waals surface area contributed by atoms with Crippen LogP contribution in [0, 0.1) is 56.6 Å². The minimum absolute atomic E-state index is 0.00370. The number of carbonyl (C=O) groups is 3. The number of carbonyl (C=O) groups excluding carboxylic acids is 2. The van der Waals surface area contributed by atoms with Gasteiger partial charge in [0.25, 0.3) is 5.91 Å². The molecule has 284 valence electrons. The Balaban J connectivity index is 1.16. The van der Waals surface area contributed by atoms with Crippen molar-refractivity contribution in [1.82, 2.24) is 10.6 Å². The number of hydrogen-bond donors (Lipinski definition) is 4. The molecule has 2 aromatic rings. The summed E-state index contributed by atoms with van der Waals surface area (Å²) in [6.45, 7) is 16.9. The number of aliphatic hydroxyl groups is 1. The number of hydrogen-bond acceptors (Lipinski definition) is 4. The van der Waals surface area contributed by atoms with Crippen molar-refractivity contribution in [1.29, 1.82) is 0 Å². The molecule has 0 aromatic heterocycles. The molecule has 4 N–H and O–H groups in total. The van der Waals surface area contributed by atoms with E-state index in [9.17, 15) is 19.5 Å². The molecular formula is C44H61FN2O5. The summed E-state index contributed by atoms with van der Waals surface area (Å²) in [5.41, 5.74) is 1.32. The highest BCUT2D eigenvalue weighted by Gasteiger charge is 2.69. The van der Waals surface area contributed by atoms with E-state index in [2.05, 4.69) is 59.1 Å². The maximum absolute atomic E-state index is 15.1. The van der Waals surface area contributed by atoms with E-state index in [0.29, 0.717) is 23.3 Å². The van der Waals surface area contributed by atoms with Crippen molar-refractivity contribution < 1.29 is 29.0 Å². The normalized spacial score (nSPS) is 36.4. The average Bonchev–Trinajstić information content (AvgIpc) is 3.10. The molecule has 8 unspecified atom stereocenters. The zero-order valence-corrected chi connectivity index (χ0v) is 32.4. The number of halogens is 1. The third-order valence-corrected chi connectivity index (χ3v) is 16.0. The fourth-order valence-electron chi connectivity index (χ4n) is 12.8. The molecule has 0 bridgehead atoms. The third-order valence-electron chi connectivity index (χ3n) is 16.0. The van der Waals surface area contributed by atoms with Crippen molar-refractivity contribution in [2.45, 2.75) is 132 Å². The van der Waals surface area contributed by atoms with Gasteiger partial charge in [0.15, 0.2) is 0 Å². The van der Waals surface area contributed by atoms with Crippen LogP contribution in [0.5, 0.6) is 0 Å². The smallest absolute Gasteiger partial charge is 0.335 e. The first kappa shape index (κ1) is 38.5. The van der Waals surface area contributed by atoms with Gasteiger partial charge in [0.2, 0.25) is 5.91 Å². The second-order valence-corrected chi connectivity index (χ2v) is 18.4. The van der Waals surface area contributed by atoms with Gasteiger partial charge in [0, 0.05) is 24.2 Å². The Hall–Kier alpha value is -3.26. The molecule has 4 fully saturated rings. The molecule has 0 spiro atoms. The van der Waals surface area contributed by atoms with Crippen LogP contribution in [0.4, 0.5) is 4.39 Å². The fraction of sp³-hybridized carbons (Fsp3) is 0.659. The number of amides is 2. The van der Waals surface area contributed by atoms with Crippen molar-refractivity contribution in [3.63, 3.8) is 0 Å². The molecule has 52 heavy (non-hydrogen) atoms. The van der Waals surface area contributed by atoms with Gasteiger partial charge < -0.3 is 20.8 Å². The molecule has 0 aliphatic heterocycles. The fourth-order valence-corrected chi connectivity index (χ4v) is 12.8. The van der Waals surface area contributed by atoms with E-state index in [1.807, 2.05) is 0 Å². The Morgan fingerprint density at radius 3 is 2.17 bits per heavy atom. The van der Waals surface area contributed by atoms with E-state index in [1.165, 1.54) is 36.8 Å². The highest BCUT2D eigenvalue weighted by Crippen LogP contribution is 2.75. The number of fused-ring (bicyclic) bond motifs is 5. The highest BCUT2D eigenvalue weighted by molar-refractivity contribution is 5.94. The molecule has 0 radical (unpaired) electrons. The second kappa shape index (κ2) is 13.9. The van der Waals surface area contributed by atoms with E-state index >= 15 is 4.39 Å². The highest BCUT2D eigenvalue weighted by atomic mass is 19.1. The lowest BCUT2D eigenvalue weighted by Gasteiger charge is -2.72. The summed E-state index contributed by atoms with van der Waals surface area (Å²) in [5, 5.41) is 26.1. The number of aliphatic hydroxyl groups excluding tert-OH is 1. The molecule has 4 saturated carbocycles. The predicted octanol–water partition coefficient (Wildman–Crippen LogP) is 8.92. The van der Waals surface area contributed by atoms with Crippen LogP contribution in [-0.2, 0) is 17.9 Å². The number of nitrogens with one attached hydrogen (secondary N) is 2. The Morgan fingerprint density at radius 2 is 1.50 bits per heavy atom. The van der Waals surface area contributed by atoms with Gasteiger partial charge in [0.1, 0.15) is 5.82 Å². The first-order valence-electron chi connectivity index (χ1n) is 19.8. The number of rotatable bonds is 9. The van der Waals surface area contributed by atoms with Crippen LogP contribution >= 0.6 is 0 Å². The van der Waals surface area contributed by atoms with Crippen molar-refractivity contribution >= 4 is 17.8 Å². The number of aromatic carboxylic acids is 1. The zero-order valence-electron chi connectivity index (χ0n) is 32.4. The van der Waals surface area contributed by atoms with Crippen LogP contribution < -0.4 is 10.6 Å². The summed E-state index contributed by atoms with van der Waals surface area (Å²) in [6, 6.07) is 10.5. The monoisotopic (exact) mass is 716 g/mol. The van der Waals surface area contributed by atoms with Crippen LogP contribution in [-0.4, -0.2) is 34.1 Å². The van der Waals surface area contributed by atoms with Gasteiger partial charge in [-0.15, -0.1) is 0 Å². The van der Waals surface area contributed by atoms with Crippen molar-refractivity contribution in [2.24, 2.45) is 50.7 Å². The maximum Gasteiger partial charge on any atom is 0.335 e. The zero-order chi connectivity index (χ0) is 37.9. The lowest BCUT2D eigenvalue weighted by atomic mass is 9.32. The molecule has 7 nitrogen and oxygen atoms in total. The van der Waals surface area contributed by atoms with Crippen molar-refractivity contribution in [3.05, 3.63) is 70.5 Å². The summed E-state index contributed by atoms with van der Waals surface area (Å²) in [4.78, 5) is 38.6. The van der Waals surface area contributed by atoms with Gasteiger partial charge in [0.05, 0.1) is 17.1 Å². The number of carboxylic acid groups (broad SMARTS) is 1. The minimum atomic E-state index is -1.02. The molecule has 8 heteroatoms. The Kier molecular flexibility index (Phi) is 10.3. The summed E-state index contributed by atoms with van der Waals surface area (Å²) in [7, 11) is 0. The van der Waals surface area contributed by atoms with E-state index in [0.717, 1.165) is 63.4 Å².